The monoisotopic (exact) mass is 219 g/mol. The van der Waals surface area contributed by atoms with Crippen LogP contribution in [0.4, 0.5) is 5.69 Å². The zero-order chi connectivity index (χ0) is 11.5. The molecule has 0 aromatic carbocycles. The van der Waals surface area contributed by atoms with E-state index in [1.807, 2.05) is 6.92 Å². The molecule has 1 atom stereocenters. The average molecular weight is 219 g/mol. The van der Waals surface area contributed by atoms with E-state index in [-0.39, 0.29) is 24.2 Å². The maximum atomic E-state index is 11.8. The average Bonchev–Trinajstić information content (AvgIpc) is 2.68. The maximum absolute atomic E-state index is 11.8. The van der Waals surface area contributed by atoms with E-state index in [1.165, 1.54) is 0 Å². The first kappa shape index (κ1) is 10.6. The Labute approximate surface area is 93.3 Å². The number of carbonyl (C=O) groups is 2. The molecule has 0 aliphatic carbocycles. The molecule has 5 heteroatoms. The number of amides is 2. The third kappa shape index (κ3) is 2.18. The van der Waals surface area contributed by atoms with Gasteiger partial charge >= 0.3 is 0 Å². The van der Waals surface area contributed by atoms with Gasteiger partial charge in [0.2, 0.25) is 11.8 Å². The van der Waals surface area contributed by atoms with Crippen LogP contribution >= 0.6 is 0 Å². The van der Waals surface area contributed by atoms with E-state index < -0.39 is 0 Å². The molecule has 1 aliphatic rings. The maximum Gasteiger partial charge on any atom is 0.229 e. The predicted octanol–water partition coefficient (Wildman–Crippen LogP) is 0.465. The minimum atomic E-state index is -0.271. The molecule has 0 spiro atoms. The molecule has 0 saturated carbocycles. The number of anilines is 1. The summed E-state index contributed by atoms with van der Waals surface area (Å²) in [6.45, 7) is 2.25. The van der Waals surface area contributed by atoms with Gasteiger partial charge in [-0.2, -0.15) is 0 Å². The number of nitrogens with one attached hydrogen (secondary N) is 2. The summed E-state index contributed by atoms with van der Waals surface area (Å²) < 4.78 is 0. The molecule has 0 radical (unpaired) electrons. The number of nitrogens with zero attached hydrogens (tertiary/aromatic N) is 1. The first-order chi connectivity index (χ1) is 7.66. The van der Waals surface area contributed by atoms with Gasteiger partial charge in [0.05, 0.1) is 17.3 Å². The van der Waals surface area contributed by atoms with Crippen molar-refractivity contribution in [3.63, 3.8) is 0 Å². The molecular weight excluding hydrogens is 206 g/mol. The van der Waals surface area contributed by atoms with Crippen molar-refractivity contribution in [1.82, 2.24) is 10.3 Å². The number of carbonyl (C=O) groups excluding carboxylic acids is 2. The van der Waals surface area contributed by atoms with Gasteiger partial charge in [-0.15, -0.1) is 0 Å². The molecule has 1 saturated heterocycles. The number of pyridine rings is 1. The Bertz CT molecular complexity index is 431. The first-order valence-electron chi connectivity index (χ1n) is 5.16. The number of hydrogen-bond donors (Lipinski definition) is 2. The minimum Gasteiger partial charge on any atom is -0.355 e. The highest BCUT2D eigenvalue weighted by atomic mass is 16.2. The summed E-state index contributed by atoms with van der Waals surface area (Å²) in [5.41, 5.74) is 1.47. The Morgan fingerprint density at radius 1 is 1.62 bits per heavy atom. The van der Waals surface area contributed by atoms with Crippen LogP contribution in [0, 0.1) is 12.8 Å². The van der Waals surface area contributed by atoms with E-state index in [4.69, 9.17) is 0 Å². The Morgan fingerprint density at radius 2 is 2.44 bits per heavy atom. The van der Waals surface area contributed by atoms with Gasteiger partial charge in [0, 0.05) is 19.2 Å². The highest BCUT2D eigenvalue weighted by molar-refractivity contribution is 5.97. The second kappa shape index (κ2) is 4.30. The van der Waals surface area contributed by atoms with Crippen LogP contribution in [-0.2, 0) is 9.59 Å². The van der Waals surface area contributed by atoms with Crippen molar-refractivity contribution in [2.45, 2.75) is 13.3 Å². The van der Waals surface area contributed by atoms with Crippen molar-refractivity contribution < 1.29 is 9.59 Å². The lowest BCUT2D eigenvalue weighted by molar-refractivity contribution is -0.123. The van der Waals surface area contributed by atoms with Gasteiger partial charge in [-0.25, -0.2) is 0 Å². The molecule has 16 heavy (non-hydrogen) atoms. The van der Waals surface area contributed by atoms with Crippen LogP contribution in [-0.4, -0.2) is 23.3 Å². The summed E-state index contributed by atoms with van der Waals surface area (Å²) in [5, 5.41) is 5.41. The third-order valence-electron chi connectivity index (χ3n) is 2.61. The summed E-state index contributed by atoms with van der Waals surface area (Å²) in [6.07, 6.45) is 1.94. The lowest BCUT2D eigenvalue weighted by Gasteiger charge is -2.10. The lowest BCUT2D eigenvalue weighted by atomic mass is 10.1. The van der Waals surface area contributed by atoms with Gasteiger partial charge in [0.25, 0.3) is 0 Å². The molecule has 1 fully saturated rings. The lowest BCUT2D eigenvalue weighted by Crippen LogP contribution is -2.25. The molecule has 1 aliphatic heterocycles. The van der Waals surface area contributed by atoms with Gasteiger partial charge < -0.3 is 10.6 Å². The van der Waals surface area contributed by atoms with E-state index in [0.717, 1.165) is 5.69 Å². The summed E-state index contributed by atoms with van der Waals surface area (Å²) in [7, 11) is 0. The molecule has 84 valence electrons. The Morgan fingerprint density at radius 3 is 3.06 bits per heavy atom. The smallest absolute Gasteiger partial charge is 0.229 e. The molecular formula is C11H13N3O2. The van der Waals surface area contributed by atoms with Crippen LogP contribution in [0.3, 0.4) is 0 Å². The standard InChI is InChI=1S/C11H13N3O2/c1-7-9(3-2-4-12-7)14-11(16)8-5-10(15)13-6-8/h2-4,8H,5-6H2,1H3,(H,13,15)(H,14,16). The third-order valence-corrected chi connectivity index (χ3v) is 2.61. The fourth-order valence-electron chi connectivity index (χ4n) is 1.64. The minimum absolute atomic E-state index is 0.0666. The summed E-state index contributed by atoms with van der Waals surface area (Å²) >= 11 is 0. The van der Waals surface area contributed by atoms with Crippen LogP contribution in [0.5, 0.6) is 0 Å². The molecule has 2 N–H and O–H groups in total. The highest BCUT2D eigenvalue weighted by Gasteiger charge is 2.28. The van der Waals surface area contributed by atoms with Gasteiger partial charge in [-0.05, 0) is 19.1 Å². The highest BCUT2D eigenvalue weighted by Crippen LogP contribution is 2.15. The Balaban J connectivity index is 2.03. The molecule has 5 nitrogen and oxygen atoms in total. The molecule has 2 rings (SSSR count). The van der Waals surface area contributed by atoms with Crippen molar-refractivity contribution in [2.24, 2.45) is 5.92 Å². The Hall–Kier alpha value is -1.91. The zero-order valence-corrected chi connectivity index (χ0v) is 8.99. The molecule has 2 heterocycles. The van der Waals surface area contributed by atoms with Crippen molar-refractivity contribution in [3.8, 4) is 0 Å². The van der Waals surface area contributed by atoms with Gasteiger partial charge in [-0.1, -0.05) is 0 Å². The normalized spacial score (nSPS) is 19.3. The van der Waals surface area contributed by atoms with E-state index in [9.17, 15) is 9.59 Å². The topological polar surface area (TPSA) is 71.1 Å². The number of aromatic nitrogens is 1. The fourth-order valence-corrected chi connectivity index (χ4v) is 1.64. The van der Waals surface area contributed by atoms with Crippen LogP contribution < -0.4 is 10.6 Å². The van der Waals surface area contributed by atoms with Crippen LogP contribution in [0.15, 0.2) is 18.3 Å². The quantitative estimate of drug-likeness (QED) is 0.759. The SMILES string of the molecule is Cc1ncccc1NC(=O)C1CNC(=O)C1. The van der Waals surface area contributed by atoms with Crippen molar-refractivity contribution in [3.05, 3.63) is 24.0 Å². The summed E-state index contributed by atoms with van der Waals surface area (Å²) in [4.78, 5) is 26.8. The predicted molar refractivity (Wildman–Crippen MR) is 58.7 cm³/mol. The summed E-state index contributed by atoms with van der Waals surface area (Å²) in [5.74, 6) is -0.468. The van der Waals surface area contributed by atoms with Gasteiger partial charge in [0.1, 0.15) is 0 Å². The Kier molecular flexibility index (Phi) is 2.85. The van der Waals surface area contributed by atoms with Gasteiger partial charge in [-0.3, -0.25) is 14.6 Å². The van der Waals surface area contributed by atoms with Crippen molar-refractivity contribution in [1.29, 1.82) is 0 Å². The van der Waals surface area contributed by atoms with Crippen molar-refractivity contribution in [2.75, 3.05) is 11.9 Å². The molecule has 0 bridgehead atoms. The second-order valence-corrected chi connectivity index (χ2v) is 3.83. The van der Waals surface area contributed by atoms with Gasteiger partial charge in [0.15, 0.2) is 0 Å². The van der Waals surface area contributed by atoms with Crippen LogP contribution in [0.2, 0.25) is 0 Å². The van der Waals surface area contributed by atoms with Crippen molar-refractivity contribution >= 4 is 17.5 Å². The van der Waals surface area contributed by atoms with E-state index in [0.29, 0.717) is 12.2 Å². The van der Waals surface area contributed by atoms with E-state index >= 15 is 0 Å². The van der Waals surface area contributed by atoms with E-state index in [1.54, 1.807) is 18.3 Å². The number of rotatable bonds is 2. The zero-order valence-electron chi connectivity index (χ0n) is 8.99. The molecule has 1 aromatic rings. The van der Waals surface area contributed by atoms with Crippen LogP contribution in [0.1, 0.15) is 12.1 Å². The number of hydrogen-bond acceptors (Lipinski definition) is 3. The fraction of sp³-hybridized carbons (Fsp3) is 0.364. The first-order valence-corrected chi connectivity index (χ1v) is 5.16. The largest absolute Gasteiger partial charge is 0.355 e. The molecule has 2 amide bonds. The van der Waals surface area contributed by atoms with Crippen LogP contribution in [0.25, 0.3) is 0 Å². The molecule has 1 unspecified atom stereocenters. The number of aryl methyl sites for hydroxylation is 1. The summed E-state index contributed by atoms with van der Waals surface area (Å²) in [6, 6.07) is 3.56. The molecule has 1 aromatic heterocycles. The second-order valence-electron chi connectivity index (χ2n) is 3.83. The van der Waals surface area contributed by atoms with E-state index in [2.05, 4.69) is 15.6 Å².